The van der Waals surface area contributed by atoms with E-state index in [1.807, 2.05) is 0 Å². The fourth-order valence-electron chi connectivity index (χ4n) is 2.01. The Bertz CT molecular complexity index is 260. The van der Waals surface area contributed by atoms with Crippen LogP contribution in [0.3, 0.4) is 0 Å². The second kappa shape index (κ2) is 15.7. The summed E-state index contributed by atoms with van der Waals surface area (Å²) in [6.07, 6.45) is 8.17. The minimum atomic E-state index is -1.51. The Balaban J connectivity index is -0.000000288. The molecule has 0 aromatic heterocycles. The van der Waals surface area contributed by atoms with Crippen LogP contribution in [0.5, 0.6) is 0 Å². The molecular formula is C14H26KNO4. The molecule has 0 fully saturated rings. The first-order valence-electron chi connectivity index (χ1n) is 6.72. The Morgan fingerprint density at radius 1 is 1.05 bits per heavy atom. The molecule has 0 bridgehead atoms. The number of hydrogen-bond donors (Lipinski definition) is 2. The van der Waals surface area contributed by atoms with Crippen LogP contribution in [0, 0.1) is 0 Å². The second-order valence-corrected chi connectivity index (χ2v) is 4.60. The Morgan fingerprint density at radius 2 is 1.40 bits per heavy atom. The number of carbonyl (C=O) groups excluding carboxylic acids is 1. The van der Waals surface area contributed by atoms with Gasteiger partial charge in [0.1, 0.15) is 0 Å². The number of hydrogen-bond acceptors (Lipinski definition) is 4. The quantitative estimate of drug-likeness (QED) is 0.418. The maximum Gasteiger partial charge on any atom is 1.00 e. The summed E-state index contributed by atoms with van der Waals surface area (Å²) in [7, 11) is 0. The summed E-state index contributed by atoms with van der Waals surface area (Å²) in [5.74, 6) is -2.80. The Morgan fingerprint density at radius 3 is 1.55 bits per heavy atom. The van der Waals surface area contributed by atoms with Crippen molar-refractivity contribution in [1.29, 1.82) is 0 Å². The summed E-state index contributed by atoms with van der Waals surface area (Å²) in [6.45, 7) is 6.65. The van der Waals surface area contributed by atoms with Gasteiger partial charge in [0, 0.05) is 11.6 Å². The van der Waals surface area contributed by atoms with Crippen molar-refractivity contribution in [1.82, 2.24) is 0 Å². The number of carboxylic acid groups (broad SMARTS) is 2. The van der Waals surface area contributed by atoms with Crippen molar-refractivity contribution in [3.8, 4) is 0 Å². The van der Waals surface area contributed by atoms with Crippen LogP contribution in [0.15, 0.2) is 12.2 Å². The van der Waals surface area contributed by atoms with Gasteiger partial charge in [0.05, 0.1) is 5.97 Å². The van der Waals surface area contributed by atoms with Gasteiger partial charge in [-0.05, 0) is 25.3 Å². The fraction of sp³-hybridized carbons (Fsp3) is 0.714. The third kappa shape index (κ3) is 18.3. The average Bonchev–Trinajstić information content (AvgIpc) is 2.28. The van der Waals surface area contributed by atoms with Gasteiger partial charge in [0.25, 0.3) is 0 Å². The smallest absolute Gasteiger partial charge is 0.545 e. The minimum Gasteiger partial charge on any atom is -0.545 e. The van der Waals surface area contributed by atoms with Crippen LogP contribution in [-0.2, 0) is 9.59 Å². The Hall–Kier alpha value is 0.276. The predicted molar refractivity (Wildman–Crippen MR) is 73.4 cm³/mol. The third-order valence-corrected chi connectivity index (χ3v) is 2.61. The first-order valence-corrected chi connectivity index (χ1v) is 6.72. The number of carboxylic acids is 2. The van der Waals surface area contributed by atoms with E-state index in [-0.39, 0.29) is 56.9 Å². The molecule has 0 unspecified atom stereocenters. The molecule has 0 amide bonds. The van der Waals surface area contributed by atoms with Crippen molar-refractivity contribution in [2.45, 2.75) is 64.8 Å². The molecule has 0 heterocycles. The van der Waals surface area contributed by atoms with E-state index >= 15 is 0 Å². The van der Waals surface area contributed by atoms with Gasteiger partial charge in [-0.1, -0.05) is 40.0 Å². The van der Waals surface area contributed by atoms with E-state index in [4.69, 9.17) is 10.8 Å². The Labute approximate surface area is 164 Å². The molecule has 0 aliphatic carbocycles. The topological polar surface area (TPSA) is 103 Å². The Kier molecular flexibility index (Phi) is 19.8. The molecule has 20 heavy (non-hydrogen) atoms. The first-order chi connectivity index (χ1) is 8.81. The van der Waals surface area contributed by atoms with Gasteiger partial charge in [-0.3, -0.25) is 0 Å². The molecule has 0 spiro atoms. The molecule has 0 radical (unpaired) electrons. The number of aliphatic carboxylic acids is 2. The summed E-state index contributed by atoms with van der Waals surface area (Å²) in [5.41, 5.74) is 6.38. The molecule has 0 aliphatic rings. The van der Waals surface area contributed by atoms with Crippen LogP contribution < -0.4 is 62.2 Å². The van der Waals surface area contributed by atoms with Crippen LogP contribution in [0.2, 0.25) is 0 Å². The number of nitrogens with two attached hydrogens (primary N) is 1. The second-order valence-electron chi connectivity index (χ2n) is 4.60. The zero-order valence-electron chi connectivity index (χ0n) is 13.1. The van der Waals surface area contributed by atoms with Gasteiger partial charge in [0.15, 0.2) is 0 Å². The van der Waals surface area contributed by atoms with Gasteiger partial charge < -0.3 is 20.7 Å². The van der Waals surface area contributed by atoms with E-state index in [1.165, 1.54) is 38.5 Å². The number of rotatable bonds is 8. The van der Waals surface area contributed by atoms with Crippen LogP contribution >= 0.6 is 0 Å². The molecular weight excluding hydrogens is 285 g/mol. The molecule has 6 heteroatoms. The van der Waals surface area contributed by atoms with E-state index in [0.29, 0.717) is 12.2 Å². The summed E-state index contributed by atoms with van der Waals surface area (Å²) in [6, 6.07) is 0. The zero-order chi connectivity index (χ0) is 15.3. The van der Waals surface area contributed by atoms with Crippen molar-refractivity contribution in [2.24, 2.45) is 5.73 Å². The van der Waals surface area contributed by atoms with Crippen molar-refractivity contribution < 1.29 is 71.2 Å². The molecule has 0 saturated heterocycles. The predicted octanol–water partition coefficient (Wildman–Crippen LogP) is -1.53. The van der Waals surface area contributed by atoms with Gasteiger partial charge in [-0.2, -0.15) is 0 Å². The van der Waals surface area contributed by atoms with Crippen LogP contribution in [0.4, 0.5) is 0 Å². The van der Waals surface area contributed by atoms with Crippen LogP contribution in [0.25, 0.3) is 0 Å². The average molecular weight is 311 g/mol. The molecule has 3 N–H and O–H groups in total. The van der Waals surface area contributed by atoms with Crippen LogP contribution in [0.1, 0.15) is 59.3 Å². The van der Waals surface area contributed by atoms with E-state index in [0.717, 1.165) is 0 Å². The van der Waals surface area contributed by atoms with E-state index in [2.05, 4.69) is 20.8 Å². The van der Waals surface area contributed by atoms with Gasteiger partial charge in [0.2, 0.25) is 0 Å². The molecule has 112 valence electrons. The van der Waals surface area contributed by atoms with Crippen molar-refractivity contribution in [3.63, 3.8) is 0 Å². The van der Waals surface area contributed by atoms with Gasteiger partial charge in [-0.25, -0.2) is 4.79 Å². The first kappa shape index (κ1) is 25.2. The maximum absolute atomic E-state index is 9.53. The van der Waals surface area contributed by atoms with E-state index in [1.54, 1.807) is 0 Å². The maximum atomic E-state index is 9.53. The van der Waals surface area contributed by atoms with Gasteiger partial charge in [-0.15, -0.1) is 0 Å². The number of carbonyl (C=O) groups is 2. The van der Waals surface area contributed by atoms with Crippen LogP contribution in [-0.4, -0.2) is 22.6 Å². The molecule has 5 nitrogen and oxygen atoms in total. The van der Waals surface area contributed by atoms with Crippen molar-refractivity contribution in [3.05, 3.63) is 12.2 Å². The van der Waals surface area contributed by atoms with Gasteiger partial charge >= 0.3 is 57.4 Å². The molecule has 0 aromatic carbocycles. The standard InChI is InChI=1S/C10H23N.C4H4O4.K/c1-4-7-10(11,8-5-2)9-6-3;5-3(6)1-2-4(7)8;/h4-9,11H2,1-3H3;1-2H,(H,5,6)(H,7,8);/q;;+1/p-1. The largest absolute Gasteiger partial charge is 1.00 e. The monoisotopic (exact) mass is 311 g/mol. The molecule has 0 atom stereocenters. The third-order valence-electron chi connectivity index (χ3n) is 2.61. The summed E-state index contributed by atoms with van der Waals surface area (Å²) in [5, 5.41) is 17.2. The SMILES string of the molecule is CCCC(N)(CCC)CCC.O=C([O-])C=CC(=O)O.[K+]. The summed E-state index contributed by atoms with van der Waals surface area (Å²) < 4.78 is 0. The fourth-order valence-corrected chi connectivity index (χ4v) is 2.01. The molecule has 0 aliphatic heterocycles. The minimum absolute atomic E-state index is 0. The molecule has 0 saturated carbocycles. The summed E-state index contributed by atoms with van der Waals surface area (Å²) >= 11 is 0. The zero-order valence-corrected chi connectivity index (χ0v) is 16.3. The van der Waals surface area contributed by atoms with Crippen molar-refractivity contribution >= 4 is 11.9 Å². The normalized spacial score (nSPS) is 10.4. The van der Waals surface area contributed by atoms with E-state index < -0.39 is 11.9 Å². The summed E-state index contributed by atoms with van der Waals surface area (Å²) in [4.78, 5) is 19.0. The molecule has 0 rings (SSSR count). The van der Waals surface area contributed by atoms with Crippen molar-refractivity contribution in [2.75, 3.05) is 0 Å². The van der Waals surface area contributed by atoms with E-state index in [9.17, 15) is 14.7 Å². The molecule has 0 aromatic rings.